The summed E-state index contributed by atoms with van der Waals surface area (Å²) >= 11 is 0. The van der Waals surface area contributed by atoms with Gasteiger partial charge in [0.1, 0.15) is 0 Å². The number of hydrogen-bond donors (Lipinski definition) is 1. The Morgan fingerprint density at radius 1 is 1.12 bits per heavy atom. The monoisotopic (exact) mass is 238 g/mol. The maximum Gasteiger partial charge on any atom is 0.0799 e. The molecule has 0 aliphatic carbocycles. The zero-order valence-electron chi connectivity index (χ0n) is 11.8. The minimum Gasteiger partial charge on any atom is -0.512 e. The van der Waals surface area contributed by atoms with Crippen LogP contribution < -0.4 is 4.90 Å². The number of likely N-dealkylation sites (tertiary alicyclic amines) is 1. The number of nitrogens with zero attached hydrogens (tertiary/aromatic N) is 1. The molecule has 0 bridgehead atoms. The van der Waals surface area contributed by atoms with Gasteiger partial charge >= 0.3 is 0 Å². The Bertz CT molecular complexity index is 177. The maximum absolute atomic E-state index is 6.25. The molecular weight excluding hydrogens is 208 g/mol. The summed E-state index contributed by atoms with van der Waals surface area (Å²) in [4.78, 5) is 1.90. The van der Waals surface area contributed by atoms with E-state index in [9.17, 15) is 0 Å². The summed E-state index contributed by atoms with van der Waals surface area (Å²) in [5, 5.41) is 6.25. The van der Waals surface area contributed by atoms with Crippen LogP contribution in [0, 0.1) is 17.8 Å². The zero-order valence-corrected chi connectivity index (χ0v) is 11.8. The van der Waals surface area contributed by atoms with E-state index >= 15 is 0 Å². The minimum atomic E-state index is 1.05. The molecule has 2 nitrogen and oxygen atoms in total. The van der Waals surface area contributed by atoms with Gasteiger partial charge < -0.3 is 16.7 Å². The Hall–Kier alpha value is -0.550. The van der Waals surface area contributed by atoms with Crippen molar-refractivity contribution in [3.8, 4) is 0 Å². The third kappa shape index (κ3) is 8.21. The summed E-state index contributed by atoms with van der Waals surface area (Å²) in [7, 11) is 0. The highest BCUT2D eigenvalue weighted by atomic mass is 15.1. The van der Waals surface area contributed by atoms with Crippen LogP contribution in [0.2, 0.25) is 0 Å². The fourth-order valence-corrected chi connectivity index (χ4v) is 2.84. The lowest BCUT2D eigenvalue weighted by Gasteiger charge is -2.29. The van der Waals surface area contributed by atoms with Crippen LogP contribution in [-0.2, 0) is 0 Å². The standard InChI is InChI=1S/C14H29N.CN/c1-3-5-7-11-15-12-8-10-14(13-15)9-6-4-2;1-2/h14H,3-13H2,1-2H3;/q;-1/p+1. The molecule has 0 aromatic rings. The van der Waals surface area contributed by atoms with E-state index in [0.29, 0.717) is 0 Å². The number of nitrogens with one attached hydrogen (secondary N) is 1. The van der Waals surface area contributed by atoms with Crippen molar-refractivity contribution in [1.29, 1.82) is 5.26 Å². The van der Waals surface area contributed by atoms with E-state index in [2.05, 4.69) is 13.8 Å². The lowest BCUT2D eigenvalue weighted by atomic mass is 9.93. The highest BCUT2D eigenvalue weighted by Crippen LogP contribution is 2.14. The Labute approximate surface area is 108 Å². The highest BCUT2D eigenvalue weighted by Gasteiger charge is 2.21. The lowest BCUT2D eigenvalue weighted by molar-refractivity contribution is -0.909. The third-order valence-corrected chi connectivity index (χ3v) is 3.82. The summed E-state index contributed by atoms with van der Waals surface area (Å²) in [6.07, 6.45) is 11.6. The Morgan fingerprint density at radius 3 is 2.47 bits per heavy atom. The number of rotatable bonds is 7. The fraction of sp³-hybridized carbons (Fsp3) is 0.933. The normalized spacial score (nSPS) is 23.8. The van der Waals surface area contributed by atoms with Crippen molar-refractivity contribution in [2.24, 2.45) is 5.92 Å². The van der Waals surface area contributed by atoms with Crippen molar-refractivity contribution < 1.29 is 4.90 Å². The molecule has 0 saturated carbocycles. The topological polar surface area (TPSA) is 28.2 Å². The molecule has 1 aliphatic rings. The number of unbranched alkanes of at least 4 members (excludes halogenated alkanes) is 3. The van der Waals surface area contributed by atoms with Gasteiger partial charge in [0.2, 0.25) is 0 Å². The minimum absolute atomic E-state index is 1.05. The molecule has 100 valence electrons. The van der Waals surface area contributed by atoms with E-state index < -0.39 is 0 Å². The van der Waals surface area contributed by atoms with Crippen molar-refractivity contribution in [2.75, 3.05) is 19.6 Å². The molecule has 2 unspecified atom stereocenters. The van der Waals surface area contributed by atoms with E-state index in [1.807, 2.05) is 4.90 Å². The van der Waals surface area contributed by atoms with Crippen molar-refractivity contribution in [3.05, 3.63) is 6.57 Å². The summed E-state index contributed by atoms with van der Waals surface area (Å²) in [6.45, 7) is 13.7. The molecule has 1 N–H and O–H groups in total. The van der Waals surface area contributed by atoms with Crippen LogP contribution in [0.25, 0.3) is 0 Å². The van der Waals surface area contributed by atoms with Crippen LogP contribution >= 0.6 is 0 Å². The largest absolute Gasteiger partial charge is 0.512 e. The van der Waals surface area contributed by atoms with Gasteiger partial charge in [-0.1, -0.05) is 33.1 Å². The quantitative estimate of drug-likeness (QED) is 0.536. The molecule has 1 rings (SSSR count). The van der Waals surface area contributed by atoms with Gasteiger partial charge in [-0.25, -0.2) is 0 Å². The average Bonchev–Trinajstić information content (AvgIpc) is 2.40. The van der Waals surface area contributed by atoms with E-state index in [1.165, 1.54) is 71.0 Å². The van der Waals surface area contributed by atoms with E-state index in [-0.39, 0.29) is 0 Å². The molecule has 1 saturated heterocycles. The molecule has 1 fully saturated rings. The first-order valence-corrected chi connectivity index (χ1v) is 7.42. The van der Waals surface area contributed by atoms with E-state index in [4.69, 9.17) is 11.8 Å². The molecule has 0 aromatic heterocycles. The number of piperidine rings is 1. The van der Waals surface area contributed by atoms with Gasteiger partial charge in [-0.05, 0) is 32.1 Å². The molecule has 1 aliphatic heterocycles. The van der Waals surface area contributed by atoms with Crippen LogP contribution in [0.4, 0.5) is 0 Å². The van der Waals surface area contributed by atoms with Gasteiger partial charge in [0, 0.05) is 5.92 Å². The second-order valence-corrected chi connectivity index (χ2v) is 5.31. The van der Waals surface area contributed by atoms with Gasteiger partial charge in [-0.3, -0.25) is 0 Å². The predicted molar refractivity (Wildman–Crippen MR) is 72.3 cm³/mol. The van der Waals surface area contributed by atoms with Crippen molar-refractivity contribution in [3.63, 3.8) is 0 Å². The SMILES string of the molecule is CCCCC[NH+]1CCCC(CCCC)C1.[C-]#N. The summed E-state index contributed by atoms with van der Waals surface area (Å²) in [6, 6.07) is 0. The molecule has 0 amide bonds. The van der Waals surface area contributed by atoms with Crippen molar-refractivity contribution in [1.82, 2.24) is 0 Å². The highest BCUT2D eigenvalue weighted by molar-refractivity contribution is 4.61. The van der Waals surface area contributed by atoms with Gasteiger partial charge in [-0.15, -0.1) is 0 Å². The zero-order chi connectivity index (χ0) is 12.9. The molecule has 17 heavy (non-hydrogen) atoms. The summed E-state index contributed by atoms with van der Waals surface area (Å²) in [5.74, 6) is 1.05. The van der Waals surface area contributed by atoms with Gasteiger partial charge in [0.25, 0.3) is 0 Å². The Balaban J connectivity index is 0.00000121. The number of quaternary nitrogens is 1. The van der Waals surface area contributed by atoms with Crippen LogP contribution in [0.5, 0.6) is 0 Å². The first-order valence-electron chi connectivity index (χ1n) is 7.42. The molecule has 2 heteroatoms. The van der Waals surface area contributed by atoms with Crippen LogP contribution in [0.15, 0.2) is 0 Å². The van der Waals surface area contributed by atoms with Crippen LogP contribution in [-0.4, -0.2) is 19.6 Å². The Morgan fingerprint density at radius 2 is 1.82 bits per heavy atom. The second kappa shape index (κ2) is 11.9. The van der Waals surface area contributed by atoms with Gasteiger partial charge in [-0.2, -0.15) is 0 Å². The summed E-state index contributed by atoms with van der Waals surface area (Å²) in [5.41, 5.74) is 0. The first-order chi connectivity index (χ1) is 8.36. The predicted octanol–water partition coefficient (Wildman–Crippen LogP) is 2.76. The third-order valence-electron chi connectivity index (χ3n) is 3.82. The molecule has 2 atom stereocenters. The molecule has 0 aromatic carbocycles. The van der Waals surface area contributed by atoms with Crippen LogP contribution in [0.3, 0.4) is 0 Å². The molecule has 1 heterocycles. The molecule has 0 spiro atoms. The van der Waals surface area contributed by atoms with Crippen molar-refractivity contribution in [2.45, 2.75) is 65.2 Å². The van der Waals surface area contributed by atoms with Gasteiger partial charge in [0.05, 0.1) is 19.6 Å². The van der Waals surface area contributed by atoms with Crippen molar-refractivity contribution >= 4 is 0 Å². The molecule has 0 radical (unpaired) electrons. The number of hydrogen-bond acceptors (Lipinski definition) is 1. The van der Waals surface area contributed by atoms with E-state index in [1.54, 1.807) is 0 Å². The Kier molecular flexibility index (Phi) is 11.5. The second-order valence-electron chi connectivity index (χ2n) is 5.31. The fourth-order valence-electron chi connectivity index (χ4n) is 2.84. The lowest BCUT2D eigenvalue weighted by Crippen LogP contribution is -3.13. The first kappa shape index (κ1) is 16.4. The van der Waals surface area contributed by atoms with Gasteiger partial charge in [0.15, 0.2) is 0 Å². The van der Waals surface area contributed by atoms with Crippen LogP contribution in [0.1, 0.15) is 65.2 Å². The molecular formula is C15H30N2. The average molecular weight is 238 g/mol. The summed E-state index contributed by atoms with van der Waals surface area (Å²) < 4.78 is 0. The van der Waals surface area contributed by atoms with E-state index in [0.717, 1.165) is 5.92 Å². The smallest absolute Gasteiger partial charge is 0.0799 e. The maximum atomic E-state index is 6.25.